The number of hydrogen-bond donors (Lipinski definition) is 1. The van der Waals surface area contributed by atoms with E-state index in [2.05, 4.69) is 24.0 Å². The zero-order valence-corrected chi connectivity index (χ0v) is 9.65. The molecule has 1 unspecified atom stereocenters. The summed E-state index contributed by atoms with van der Waals surface area (Å²) in [6, 6.07) is 0. The first-order valence-corrected chi connectivity index (χ1v) is 6.19. The third-order valence-corrected chi connectivity index (χ3v) is 2.39. The number of hydrogen-bond acceptors (Lipinski definition) is 2. The van der Waals surface area contributed by atoms with Crippen LogP contribution >= 0.6 is 7.60 Å². The summed E-state index contributed by atoms with van der Waals surface area (Å²) in [5.41, 5.74) is 0. The van der Waals surface area contributed by atoms with Gasteiger partial charge in [0.15, 0.2) is 0 Å². The summed E-state index contributed by atoms with van der Waals surface area (Å²) in [6.07, 6.45) is 5.97. The van der Waals surface area contributed by atoms with Gasteiger partial charge in [0, 0.05) is 6.16 Å². The van der Waals surface area contributed by atoms with E-state index in [1.54, 1.807) is 0 Å². The van der Waals surface area contributed by atoms with Crippen molar-refractivity contribution in [2.45, 2.75) is 20.4 Å². The second-order valence-corrected chi connectivity index (χ2v) is 4.77. The number of aromatic nitrogens is 2. The molecule has 14 heavy (non-hydrogen) atoms. The molecule has 0 amide bonds. The van der Waals surface area contributed by atoms with Crippen molar-refractivity contribution in [3.05, 3.63) is 18.7 Å². The minimum atomic E-state index is -3.90. The Morgan fingerprint density at radius 2 is 2.07 bits per heavy atom. The minimum absolute atomic E-state index is 0.174. The molecule has 0 spiro atoms. The fraction of sp³-hybridized carbons (Fsp3) is 0.625. The van der Waals surface area contributed by atoms with Gasteiger partial charge < -0.3 is 14.4 Å². The van der Waals surface area contributed by atoms with Crippen molar-refractivity contribution in [2.75, 3.05) is 6.16 Å². The molecule has 1 aromatic heterocycles. The molecule has 0 fully saturated rings. The molecule has 1 atom stereocenters. The zero-order valence-electron chi connectivity index (χ0n) is 8.75. The van der Waals surface area contributed by atoms with Crippen molar-refractivity contribution in [1.29, 1.82) is 0 Å². The monoisotopic (exact) mass is 220 g/mol. The summed E-state index contributed by atoms with van der Waals surface area (Å²) in [6.45, 7) is 4.56. The Kier molecular flexibility index (Phi) is 5.69. The predicted octanol–water partition coefficient (Wildman–Crippen LogP) is -0.116. The number of nitrogens with zero attached hydrogens (tertiary/aromatic N) is 2. The average molecular weight is 220 g/mol. The van der Waals surface area contributed by atoms with Gasteiger partial charge in [0.1, 0.15) is 20.0 Å². The molecule has 0 aromatic carbocycles. The molecule has 1 rings (SSSR count). The average Bonchev–Trinajstić information content (AvgIpc) is 2.51. The largest absolute Gasteiger partial charge is 0.779 e. The molecule has 1 aromatic rings. The molecule has 0 aliphatic rings. The Morgan fingerprint density at radius 1 is 1.57 bits per heavy atom. The molecule has 1 N–H and O–H groups in total. The summed E-state index contributed by atoms with van der Waals surface area (Å²) in [4.78, 5) is 17.4. The van der Waals surface area contributed by atoms with Crippen molar-refractivity contribution in [1.82, 2.24) is 4.57 Å². The molecule has 0 aliphatic heterocycles. The van der Waals surface area contributed by atoms with Gasteiger partial charge in [-0.15, -0.1) is 0 Å². The number of imidazole rings is 1. The molecule has 6 heteroatoms. The van der Waals surface area contributed by atoms with E-state index in [4.69, 9.17) is 4.89 Å². The van der Waals surface area contributed by atoms with Crippen molar-refractivity contribution < 1.29 is 18.9 Å². The van der Waals surface area contributed by atoms with Crippen LogP contribution in [0.2, 0.25) is 0 Å². The lowest BCUT2D eigenvalue weighted by molar-refractivity contribution is -0.671. The third kappa shape index (κ3) is 6.83. The lowest BCUT2D eigenvalue weighted by atomic mass is 10.7. The normalized spacial score (nSPS) is 14.1. The Balaban J connectivity index is 0.000000255. The van der Waals surface area contributed by atoms with E-state index in [0.29, 0.717) is 0 Å². The van der Waals surface area contributed by atoms with Crippen molar-refractivity contribution in [2.24, 2.45) is 7.05 Å². The van der Waals surface area contributed by atoms with Gasteiger partial charge in [0.05, 0.1) is 13.6 Å². The smallest absolute Gasteiger partial charge is 0.243 e. The van der Waals surface area contributed by atoms with Crippen molar-refractivity contribution in [3.8, 4) is 0 Å². The number of aryl methyl sites for hydroxylation is 2. The molecule has 0 saturated heterocycles. The maximum atomic E-state index is 9.58. The number of rotatable bonds is 2. The van der Waals surface area contributed by atoms with E-state index in [-0.39, 0.29) is 6.16 Å². The predicted molar refractivity (Wildman–Crippen MR) is 51.6 cm³/mol. The van der Waals surface area contributed by atoms with Crippen LogP contribution in [0.25, 0.3) is 0 Å². The van der Waals surface area contributed by atoms with E-state index in [1.807, 2.05) is 17.8 Å². The summed E-state index contributed by atoms with van der Waals surface area (Å²) in [5.74, 6) is 0. The molecule has 0 saturated carbocycles. The van der Waals surface area contributed by atoms with E-state index in [9.17, 15) is 9.46 Å². The van der Waals surface area contributed by atoms with Crippen LogP contribution in [0.4, 0.5) is 0 Å². The highest BCUT2D eigenvalue weighted by atomic mass is 31.2. The van der Waals surface area contributed by atoms with Crippen LogP contribution in [0.1, 0.15) is 13.8 Å². The van der Waals surface area contributed by atoms with Gasteiger partial charge in [-0.25, -0.2) is 9.13 Å². The second kappa shape index (κ2) is 5.96. The quantitative estimate of drug-likeness (QED) is 0.558. The molecule has 0 bridgehead atoms. The maximum Gasteiger partial charge on any atom is 0.243 e. The third-order valence-electron chi connectivity index (χ3n) is 1.59. The second-order valence-electron chi connectivity index (χ2n) is 2.86. The van der Waals surface area contributed by atoms with Crippen LogP contribution in [0.3, 0.4) is 0 Å². The van der Waals surface area contributed by atoms with Gasteiger partial charge in [-0.2, -0.15) is 0 Å². The first kappa shape index (κ1) is 13.4. The Labute approximate surface area is 84.2 Å². The Morgan fingerprint density at radius 3 is 2.21 bits per heavy atom. The van der Waals surface area contributed by atoms with E-state index in [0.717, 1.165) is 6.54 Å². The SMILES string of the molecule is CCP(=O)([O-])O.CCn1cc[n+](C)c1. The molecule has 82 valence electrons. The zero-order chi connectivity index (χ0) is 11.2. The van der Waals surface area contributed by atoms with Crippen LogP contribution in [0.15, 0.2) is 18.7 Å². The summed E-state index contributed by atoms with van der Waals surface area (Å²) in [5, 5.41) is 0. The maximum absolute atomic E-state index is 9.58. The standard InChI is InChI=1S/C6H11N2.C2H7O3P/c1-3-8-5-4-7(2)6-8;1-2-6(3,4)5/h4-6H,3H2,1-2H3;2H2,1H3,(H2,3,4,5)/q+1;/p-1. The van der Waals surface area contributed by atoms with E-state index < -0.39 is 7.60 Å². The Hall–Kier alpha value is -0.640. The molecule has 0 radical (unpaired) electrons. The van der Waals surface area contributed by atoms with Gasteiger partial charge in [-0.1, -0.05) is 6.92 Å². The Bertz CT molecular complexity index is 305. The summed E-state index contributed by atoms with van der Waals surface area (Å²) in [7, 11) is -1.88. The minimum Gasteiger partial charge on any atom is -0.779 e. The molecule has 0 aliphatic carbocycles. The van der Waals surface area contributed by atoms with Gasteiger partial charge >= 0.3 is 0 Å². The highest BCUT2D eigenvalue weighted by molar-refractivity contribution is 7.50. The molecular weight excluding hydrogens is 203 g/mol. The molecule has 5 nitrogen and oxygen atoms in total. The highest BCUT2D eigenvalue weighted by Crippen LogP contribution is 2.26. The topological polar surface area (TPSA) is 69.2 Å². The lowest BCUT2D eigenvalue weighted by Crippen LogP contribution is -2.23. The van der Waals surface area contributed by atoms with Crippen LogP contribution in [-0.4, -0.2) is 15.6 Å². The van der Waals surface area contributed by atoms with Crippen LogP contribution in [0, 0.1) is 0 Å². The fourth-order valence-electron chi connectivity index (χ4n) is 0.689. The van der Waals surface area contributed by atoms with Crippen LogP contribution in [-0.2, 0) is 18.2 Å². The van der Waals surface area contributed by atoms with E-state index in [1.165, 1.54) is 6.92 Å². The fourth-order valence-corrected chi connectivity index (χ4v) is 0.689. The van der Waals surface area contributed by atoms with Crippen LogP contribution in [0.5, 0.6) is 0 Å². The van der Waals surface area contributed by atoms with Crippen molar-refractivity contribution >= 4 is 7.60 Å². The summed E-state index contributed by atoms with van der Waals surface area (Å²) >= 11 is 0. The summed E-state index contributed by atoms with van der Waals surface area (Å²) < 4.78 is 13.7. The van der Waals surface area contributed by atoms with Gasteiger partial charge in [-0.3, -0.25) is 0 Å². The molecular formula is C8H17N2O3P. The van der Waals surface area contributed by atoms with Crippen molar-refractivity contribution in [3.63, 3.8) is 0 Å². The lowest BCUT2D eigenvalue weighted by Gasteiger charge is -2.10. The highest BCUT2D eigenvalue weighted by Gasteiger charge is 1.92. The van der Waals surface area contributed by atoms with Crippen LogP contribution < -0.4 is 9.46 Å². The first-order chi connectivity index (χ1) is 6.39. The van der Waals surface area contributed by atoms with Gasteiger partial charge in [-0.05, 0) is 6.92 Å². The van der Waals surface area contributed by atoms with E-state index >= 15 is 0 Å². The van der Waals surface area contributed by atoms with Gasteiger partial charge in [0.2, 0.25) is 6.33 Å². The molecule has 1 heterocycles. The van der Waals surface area contributed by atoms with Gasteiger partial charge in [0.25, 0.3) is 0 Å². The first-order valence-electron chi connectivity index (χ1n) is 4.43.